The minimum Gasteiger partial charge on any atom is -0.348 e. The molecule has 1 aromatic rings. The summed E-state index contributed by atoms with van der Waals surface area (Å²) >= 11 is 0. The molecule has 148 valence electrons. The van der Waals surface area contributed by atoms with Gasteiger partial charge in [-0.1, -0.05) is 12.8 Å². The standard InChI is InChI=1S/C20H33N7/c1-21-12-20-10-15(11-20)27(13-20)19-22-8-7-18(26(19)2)23-17-9-16(24-25-17)14-5-3-4-6-14/h9,14-15,18,21H,3-8,10-13H2,1-2H3,(H2,23,24,25). The average molecular weight is 372 g/mol. The van der Waals surface area contributed by atoms with Crippen molar-refractivity contribution < 1.29 is 0 Å². The van der Waals surface area contributed by atoms with Gasteiger partial charge in [0.05, 0.1) is 0 Å². The van der Waals surface area contributed by atoms with Gasteiger partial charge in [-0.05, 0) is 32.7 Å². The summed E-state index contributed by atoms with van der Waals surface area (Å²) in [6.45, 7) is 3.15. The molecule has 2 saturated heterocycles. The minimum absolute atomic E-state index is 0.260. The van der Waals surface area contributed by atoms with Gasteiger partial charge in [0.25, 0.3) is 0 Å². The van der Waals surface area contributed by atoms with E-state index in [4.69, 9.17) is 4.99 Å². The number of H-pyrrole nitrogens is 1. The summed E-state index contributed by atoms with van der Waals surface area (Å²) in [7, 11) is 4.25. The second-order valence-electron chi connectivity index (χ2n) is 9.15. The lowest BCUT2D eigenvalue weighted by Gasteiger charge is -2.40. The molecule has 3 N–H and O–H groups in total. The number of anilines is 1. The fourth-order valence-corrected chi connectivity index (χ4v) is 5.81. The quantitative estimate of drug-likeness (QED) is 0.740. The average Bonchev–Trinajstić information content (AvgIpc) is 3.39. The van der Waals surface area contributed by atoms with Gasteiger partial charge in [-0.25, -0.2) is 0 Å². The molecule has 0 amide bonds. The van der Waals surface area contributed by atoms with Gasteiger partial charge in [0.1, 0.15) is 12.0 Å². The molecular formula is C20H33N7. The number of aliphatic imine (C=N–C) groups is 1. The molecule has 2 saturated carbocycles. The monoisotopic (exact) mass is 371 g/mol. The van der Waals surface area contributed by atoms with E-state index in [0.717, 1.165) is 31.9 Å². The number of aromatic amines is 1. The molecule has 2 bridgehead atoms. The number of nitrogens with one attached hydrogen (secondary N) is 3. The van der Waals surface area contributed by atoms with Gasteiger partial charge in [-0.2, -0.15) is 5.10 Å². The highest BCUT2D eigenvalue weighted by atomic mass is 15.5. The molecular weight excluding hydrogens is 338 g/mol. The van der Waals surface area contributed by atoms with Gasteiger partial charge in [-0.3, -0.25) is 10.1 Å². The van der Waals surface area contributed by atoms with E-state index in [0.29, 0.717) is 17.4 Å². The molecule has 7 nitrogen and oxygen atoms in total. The van der Waals surface area contributed by atoms with Crippen molar-refractivity contribution in [3.05, 3.63) is 11.8 Å². The maximum absolute atomic E-state index is 4.90. The van der Waals surface area contributed by atoms with E-state index >= 15 is 0 Å². The Bertz CT molecular complexity index is 699. The van der Waals surface area contributed by atoms with Gasteiger partial charge in [0.2, 0.25) is 0 Å². The van der Waals surface area contributed by atoms with E-state index < -0.39 is 0 Å². The number of fused-ring (bicyclic) bond motifs is 1. The lowest BCUT2D eigenvalue weighted by Crippen LogP contribution is -2.53. The van der Waals surface area contributed by atoms with Crippen molar-refractivity contribution in [3.63, 3.8) is 0 Å². The fraction of sp³-hybridized carbons (Fsp3) is 0.800. The number of nitrogens with zero attached hydrogens (tertiary/aromatic N) is 4. The molecule has 0 radical (unpaired) electrons. The Balaban J connectivity index is 1.24. The van der Waals surface area contributed by atoms with Crippen LogP contribution in [-0.4, -0.2) is 71.9 Å². The van der Waals surface area contributed by atoms with E-state index in [1.54, 1.807) is 0 Å². The summed E-state index contributed by atoms with van der Waals surface area (Å²) < 4.78 is 0. The van der Waals surface area contributed by atoms with Crippen LogP contribution in [0, 0.1) is 5.41 Å². The third kappa shape index (κ3) is 3.00. The van der Waals surface area contributed by atoms with Crippen LogP contribution >= 0.6 is 0 Å². The first-order chi connectivity index (χ1) is 13.2. The molecule has 0 spiro atoms. The molecule has 2 aliphatic carbocycles. The van der Waals surface area contributed by atoms with Crippen LogP contribution in [0.5, 0.6) is 0 Å². The van der Waals surface area contributed by atoms with Crippen LogP contribution < -0.4 is 10.6 Å². The van der Waals surface area contributed by atoms with Crippen molar-refractivity contribution in [3.8, 4) is 0 Å². The minimum atomic E-state index is 0.260. The van der Waals surface area contributed by atoms with E-state index in [-0.39, 0.29) is 6.17 Å². The lowest BCUT2D eigenvalue weighted by molar-refractivity contribution is 0.184. The Morgan fingerprint density at radius 3 is 2.85 bits per heavy atom. The zero-order chi connectivity index (χ0) is 18.4. The molecule has 5 aliphatic rings. The van der Waals surface area contributed by atoms with Crippen LogP contribution in [0.25, 0.3) is 0 Å². The predicted molar refractivity (Wildman–Crippen MR) is 108 cm³/mol. The fourth-order valence-electron chi connectivity index (χ4n) is 5.81. The highest BCUT2D eigenvalue weighted by Crippen LogP contribution is 2.51. The van der Waals surface area contributed by atoms with Crippen LogP contribution in [0.2, 0.25) is 0 Å². The van der Waals surface area contributed by atoms with Gasteiger partial charge >= 0.3 is 0 Å². The summed E-state index contributed by atoms with van der Waals surface area (Å²) in [4.78, 5) is 9.79. The zero-order valence-corrected chi connectivity index (χ0v) is 16.7. The smallest absolute Gasteiger partial charge is 0.198 e. The van der Waals surface area contributed by atoms with Crippen molar-refractivity contribution in [2.24, 2.45) is 10.4 Å². The topological polar surface area (TPSA) is 71.6 Å². The van der Waals surface area contributed by atoms with E-state index in [1.165, 1.54) is 50.2 Å². The first kappa shape index (κ1) is 17.3. The van der Waals surface area contributed by atoms with Gasteiger partial charge in [0, 0.05) is 62.2 Å². The normalized spacial score (nSPS) is 33.3. The van der Waals surface area contributed by atoms with E-state index in [9.17, 15) is 0 Å². The van der Waals surface area contributed by atoms with Crippen LogP contribution in [0.1, 0.15) is 56.6 Å². The third-order valence-electron chi connectivity index (χ3n) is 7.24. The van der Waals surface area contributed by atoms with Gasteiger partial charge in [0.15, 0.2) is 5.96 Å². The van der Waals surface area contributed by atoms with Crippen LogP contribution in [0.3, 0.4) is 0 Å². The highest BCUT2D eigenvalue weighted by Gasteiger charge is 2.56. The van der Waals surface area contributed by atoms with Crippen LogP contribution in [0.15, 0.2) is 11.1 Å². The SMILES string of the molecule is CNCC12CC(C1)N(C1=NCCC(Nc3cc(C4CCCC4)[nH]n3)N1C)C2. The molecule has 1 unspecified atom stereocenters. The third-order valence-corrected chi connectivity index (χ3v) is 7.24. The number of rotatable bonds is 5. The lowest BCUT2D eigenvalue weighted by atomic mass is 9.70. The van der Waals surface area contributed by atoms with E-state index in [2.05, 4.69) is 50.8 Å². The molecule has 4 heterocycles. The Hall–Kier alpha value is -1.76. The number of hydrogen-bond donors (Lipinski definition) is 3. The van der Waals surface area contributed by atoms with E-state index in [1.807, 2.05) is 0 Å². The second-order valence-corrected chi connectivity index (χ2v) is 9.15. The first-order valence-corrected chi connectivity index (χ1v) is 10.7. The molecule has 1 atom stereocenters. The summed E-state index contributed by atoms with van der Waals surface area (Å²) in [6.07, 6.45) is 9.19. The Labute approximate surface area is 162 Å². The molecule has 0 aromatic carbocycles. The van der Waals surface area contributed by atoms with Crippen LogP contribution in [-0.2, 0) is 0 Å². The summed E-state index contributed by atoms with van der Waals surface area (Å²) in [5.41, 5.74) is 1.78. The molecule has 3 aliphatic heterocycles. The maximum atomic E-state index is 4.90. The number of guanidine groups is 1. The summed E-state index contributed by atoms with van der Waals surface area (Å²) in [5.74, 6) is 2.83. The maximum Gasteiger partial charge on any atom is 0.198 e. The van der Waals surface area contributed by atoms with Crippen molar-refractivity contribution in [2.45, 2.75) is 63.1 Å². The Morgan fingerprint density at radius 2 is 2.07 bits per heavy atom. The number of hydrogen-bond acceptors (Lipinski definition) is 6. The Morgan fingerprint density at radius 1 is 1.26 bits per heavy atom. The molecule has 27 heavy (non-hydrogen) atoms. The predicted octanol–water partition coefficient (Wildman–Crippen LogP) is 2.18. The van der Waals surface area contributed by atoms with Crippen molar-refractivity contribution >= 4 is 11.8 Å². The highest BCUT2D eigenvalue weighted by molar-refractivity contribution is 5.82. The van der Waals surface area contributed by atoms with Gasteiger partial charge in [-0.15, -0.1) is 0 Å². The van der Waals surface area contributed by atoms with Crippen molar-refractivity contribution in [2.75, 3.05) is 39.0 Å². The van der Waals surface area contributed by atoms with Crippen molar-refractivity contribution in [1.29, 1.82) is 0 Å². The summed E-state index contributed by atoms with van der Waals surface area (Å²) in [5, 5.41) is 14.9. The Kier molecular flexibility index (Phi) is 4.30. The molecule has 4 fully saturated rings. The first-order valence-electron chi connectivity index (χ1n) is 10.7. The van der Waals surface area contributed by atoms with Gasteiger partial charge < -0.3 is 20.4 Å². The zero-order valence-electron chi connectivity index (χ0n) is 16.7. The van der Waals surface area contributed by atoms with Crippen LogP contribution in [0.4, 0.5) is 5.82 Å². The molecule has 7 heteroatoms. The second kappa shape index (κ2) is 6.69. The summed E-state index contributed by atoms with van der Waals surface area (Å²) in [6, 6.07) is 2.90. The van der Waals surface area contributed by atoms with Crippen molar-refractivity contribution in [1.82, 2.24) is 25.3 Å². The molecule has 6 rings (SSSR count). The number of aromatic nitrogens is 2. The molecule has 1 aromatic heterocycles. The largest absolute Gasteiger partial charge is 0.348 e.